The molecule has 3 N–H and O–H groups in total. The lowest BCUT2D eigenvalue weighted by molar-refractivity contribution is 0.0938. The highest BCUT2D eigenvalue weighted by Gasteiger charge is 2.14. The van der Waals surface area contributed by atoms with Gasteiger partial charge in [-0.15, -0.1) is 0 Å². The molecule has 0 heterocycles. The first-order valence-corrected chi connectivity index (χ1v) is 6.79. The summed E-state index contributed by atoms with van der Waals surface area (Å²) < 4.78 is 0. The highest BCUT2D eigenvalue weighted by atomic mass is 35.5. The maximum Gasteiger partial charge on any atom is 0.253 e. The zero-order valence-electron chi connectivity index (χ0n) is 11.0. The van der Waals surface area contributed by atoms with Gasteiger partial charge < -0.3 is 11.1 Å². The van der Waals surface area contributed by atoms with Crippen molar-refractivity contribution >= 4 is 23.2 Å². The second-order valence-corrected chi connectivity index (χ2v) is 4.96. The van der Waals surface area contributed by atoms with Crippen molar-refractivity contribution in [1.29, 1.82) is 0 Å². The molecule has 0 aliphatic carbocycles. The van der Waals surface area contributed by atoms with Crippen molar-refractivity contribution in [2.75, 3.05) is 5.73 Å². The van der Waals surface area contributed by atoms with E-state index in [0.29, 0.717) is 16.3 Å². The number of rotatable bonds is 6. The highest BCUT2D eigenvalue weighted by Crippen LogP contribution is 2.23. The SMILES string of the molecule is CCCCCC(C)NC(=O)c1cccc(N)c1Cl. The van der Waals surface area contributed by atoms with Gasteiger partial charge >= 0.3 is 0 Å². The van der Waals surface area contributed by atoms with Crippen molar-refractivity contribution in [3.05, 3.63) is 28.8 Å². The number of anilines is 1. The van der Waals surface area contributed by atoms with Gasteiger partial charge in [0.05, 0.1) is 16.3 Å². The van der Waals surface area contributed by atoms with Gasteiger partial charge in [0.2, 0.25) is 0 Å². The van der Waals surface area contributed by atoms with E-state index < -0.39 is 0 Å². The van der Waals surface area contributed by atoms with Crippen LogP contribution in [0.3, 0.4) is 0 Å². The third-order valence-electron chi connectivity index (χ3n) is 2.89. The zero-order valence-corrected chi connectivity index (χ0v) is 11.8. The number of benzene rings is 1. The van der Waals surface area contributed by atoms with E-state index in [-0.39, 0.29) is 11.9 Å². The van der Waals surface area contributed by atoms with E-state index in [1.165, 1.54) is 12.8 Å². The summed E-state index contributed by atoms with van der Waals surface area (Å²) >= 11 is 6.01. The zero-order chi connectivity index (χ0) is 13.5. The lowest BCUT2D eigenvalue weighted by atomic mass is 10.1. The number of nitrogens with one attached hydrogen (secondary N) is 1. The fraction of sp³-hybridized carbons (Fsp3) is 0.500. The van der Waals surface area contributed by atoms with Gasteiger partial charge in [-0.25, -0.2) is 0 Å². The molecule has 1 amide bonds. The van der Waals surface area contributed by atoms with Crippen LogP contribution < -0.4 is 11.1 Å². The Balaban J connectivity index is 2.57. The molecule has 3 nitrogen and oxygen atoms in total. The third kappa shape index (κ3) is 4.22. The van der Waals surface area contributed by atoms with Crippen LogP contribution in [0.4, 0.5) is 5.69 Å². The smallest absolute Gasteiger partial charge is 0.253 e. The van der Waals surface area contributed by atoms with Crippen LogP contribution in [-0.4, -0.2) is 11.9 Å². The van der Waals surface area contributed by atoms with Crippen LogP contribution >= 0.6 is 11.6 Å². The Labute approximate surface area is 114 Å². The number of amides is 1. The van der Waals surface area contributed by atoms with Crippen molar-refractivity contribution in [2.45, 2.75) is 45.6 Å². The molecule has 0 aliphatic heterocycles. The summed E-state index contributed by atoms with van der Waals surface area (Å²) in [4.78, 5) is 12.0. The molecule has 0 saturated carbocycles. The second kappa shape index (κ2) is 7.27. The van der Waals surface area contributed by atoms with E-state index in [0.717, 1.165) is 12.8 Å². The predicted molar refractivity (Wildman–Crippen MR) is 76.9 cm³/mol. The summed E-state index contributed by atoms with van der Waals surface area (Å²) in [5, 5.41) is 3.27. The normalized spacial score (nSPS) is 12.2. The molecule has 0 fully saturated rings. The Morgan fingerprint density at radius 3 is 2.83 bits per heavy atom. The number of hydrogen-bond donors (Lipinski definition) is 2. The Morgan fingerprint density at radius 1 is 1.44 bits per heavy atom. The van der Waals surface area contributed by atoms with Gasteiger partial charge in [0.15, 0.2) is 0 Å². The van der Waals surface area contributed by atoms with E-state index in [4.69, 9.17) is 17.3 Å². The number of carbonyl (C=O) groups excluding carboxylic acids is 1. The molecule has 0 spiro atoms. The minimum Gasteiger partial charge on any atom is -0.398 e. The van der Waals surface area contributed by atoms with Crippen LogP contribution in [0.2, 0.25) is 5.02 Å². The number of hydrogen-bond acceptors (Lipinski definition) is 2. The van der Waals surface area contributed by atoms with Crippen LogP contribution in [0.15, 0.2) is 18.2 Å². The Morgan fingerprint density at radius 2 is 2.17 bits per heavy atom. The molecule has 0 aromatic heterocycles. The van der Waals surface area contributed by atoms with Crippen molar-refractivity contribution in [2.24, 2.45) is 0 Å². The van der Waals surface area contributed by atoms with Gasteiger partial charge in [-0.05, 0) is 25.5 Å². The summed E-state index contributed by atoms with van der Waals surface area (Å²) in [6.07, 6.45) is 4.49. The van der Waals surface area contributed by atoms with Crippen LogP contribution in [0.25, 0.3) is 0 Å². The van der Waals surface area contributed by atoms with Gasteiger partial charge in [-0.2, -0.15) is 0 Å². The first-order valence-electron chi connectivity index (χ1n) is 6.41. The number of nitrogen functional groups attached to an aromatic ring is 1. The van der Waals surface area contributed by atoms with Gasteiger partial charge in [0, 0.05) is 6.04 Å². The molecule has 1 atom stereocenters. The topological polar surface area (TPSA) is 55.1 Å². The van der Waals surface area contributed by atoms with Gasteiger partial charge in [-0.1, -0.05) is 43.9 Å². The van der Waals surface area contributed by atoms with Gasteiger partial charge in [0.25, 0.3) is 5.91 Å². The largest absolute Gasteiger partial charge is 0.398 e. The molecule has 0 saturated heterocycles. The maximum absolute atomic E-state index is 12.0. The molecular weight excluding hydrogens is 248 g/mol. The molecule has 18 heavy (non-hydrogen) atoms. The minimum atomic E-state index is -0.156. The minimum absolute atomic E-state index is 0.154. The fourth-order valence-electron chi connectivity index (χ4n) is 1.80. The molecule has 1 aromatic rings. The van der Waals surface area contributed by atoms with Crippen molar-refractivity contribution in [3.63, 3.8) is 0 Å². The Kier molecular flexibility index (Phi) is 5.99. The predicted octanol–water partition coefficient (Wildman–Crippen LogP) is 3.62. The summed E-state index contributed by atoms with van der Waals surface area (Å²) in [5.41, 5.74) is 6.55. The highest BCUT2D eigenvalue weighted by molar-refractivity contribution is 6.36. The third-order valence-corrected chi connectivity index (χ3v) is 3.31. The molecule has 1 unspecified atom stereocenters. The maximum atomic E-state index is 12.0. The van der Waals surface area contributed by atoms with E-state index in [9.17, 15) is 4.79 Å². The summed E-state index contributed by atoms with van der Waals surface area (Å²) in [6.45, 7) is 4.17. The first kappa shape index (κ1) is 14.8. The summed E-state index contributed by atoms with van der Waals surface area (Å²) in [5.74, 6) is -0.156. The standard InChI is InChI=1S/C14H21ClN2O/c1-3-4-5-7-10(2)17-14(18)11-8-6-9-12(16)13(11)15/h6,8-10H,3-5,7,16H2,1-2H3,(H,17,18). The molecular formula is C14H21ClN2O. The number of nitrogens with two attached hydrogens (primary N) is 1. The fourth-order valence-corrected chi connectivity index (χ4v) is 2.01. The summed E-state index contributed by atoms with van der Waals surface area (Å²) in [6, 6.07) is 5.26. The van der Waals surface area contributed by atoms with E-state index >= 15 is 0 Å². The Hall–Kier alpha value is -1.22. The Bertz CT molecular complexity index is 407. The van der Waals surface area contributed by atoms with Crippen LogP contribution in [0.1, 0.15) is 49.9 Å². The van der Waals surface area contributed by atoms with Gasteiger partial charge in [-0.3, -0.25) is 4.79 Å². The summed E-state index contributed by atoms with van der Waals surface area (Å²) in [7, 11) is 0. The monoisotopic (exact) mass is 268 g/mol. The van der Waals surface area contributed by atoms with Gasteiger partial charge in [0.1, 0.15) is 0 Å². The lowest BCUT2D eigenvalue weighted by Gasteiger charge is -2.14. The first-order chi connectivity index (χ1) is 8.56. The average molecular weight is 269 g/mol. The molecule has 100 valence electrons. The molecule has 0 aliphatic rings. The number of carbonyl (C=O) groups is 1. The van der Waals surface area contributed by atoms with Crippen LogP contribution in [-0.2, 0) is 0 Å². The molecule has 0 bridgehead atoms. The van der Waals surface area contributed by atoms with E-state index in [2.05, 4.69) is 12.2 Å². The van der Waals surface area contributed by atoms with Crippen molar-refractivity contribution in [1.82, 2.24) is 5.32 Å². The quantitative estimate of drug-likeness (QED) is 0.612. The van der Waals surface area contributed by atoms with Crippen LogP contribution in [0.5, 0.6) is 0 Å². The lowest BCUT2D eigenvalue weighted by Crippen LogP contribution is -2.32. The average Bonchev–Trinajstić information content (AvgIpc) is 2.32. The van der Waals surface area contributed by atoms with Crippen LogP contribution in [0, 0.1) is 0 Å². The van der Waals surface area contributed by atoms with Crippen molar-refractivity contribution < 1.29 is 4.79 Å². The molecule has 1 aromatic carbocycles. The molecule has 1 rings (SSSR count). The molecule has 4 heteroatoms. The number of halogens is 1. The van der Waals surface area contributed by atoms with E-state index in [1.807, 2.05) is 6.92 Å². The van der Waals surface area contributed by atoms with Crippen molar-refractivity contribution in [3.8, 4) is 0 Å². The number of unbranched alkanes of at least 4 members (excludes halogenated alkanes) is 2. The molecule has 0 radical (unpaired) electrons. The van der Waals surface area contributed by atoms with E-state index in [1.54, 1.807) is 18.2 Å². The second-order valence-electron chi connectivity index (χ2n) is 4.58.